The van der Waals surface area contributed by atoms with Crippen LogP contribution in [0.25, 0.3) is 0 Å². The number of allylic oxidation sites excluding steroid dienone is 3. The maximum Gasteiger partial charge on any atom is 0.303 e. The highest BCUT2D eigenvalue weighted by Crippen LogP contribution is 2.35. The van der Waals surface area contributed by atoms with E-state index in [4.69, 9.17) is 5.11 Å². The van der Waals surface area contributed by atoms with Gasteiger partial charge < -0.3 is 10.2 Å². The standard InChI is InChI=1S/C20H34O3/c1-2-3-6-13-19(21)16-15-18-12-9-11-17(18)10-7-4-5-8-14-20(22)23/h4,7,15-19,21H,2-3,5-6,8-14H2,1H3,(H,22,23)/b7-4-,16-15+. The summed E-state index contributed by atoms with van der Waals surface area (Å²) in [5.74, 6) is 0.571. The molecule has 0 spiro atoms. The molecule has 1 rings (SSSR count). The molecule has 0 aliphatic heterocycles. The normalized spacial score (nSPS) is 23.0. The van der Waals surface area contributed by atoms with E-state index in [0.717, 1.165) is 32.1 Å². The molecule has 1 fully saturated rings. The molecule has 3 nitrogen and oxygen atoms in total. The molecular formula is C20H34O3. The Balaban J connectivity index is 2.24. The van der Waals surface area contributed by atoms with Gasteiger partial charge in [-0.25, -0.2) is 0 Å². The first kappa shape index (κ1) is 20.0. The lowest BCUT2D eigenvalue weighted by molar-refractivity contribution is -0.137. The highest BCUT2D eigenvalue weighted by atomic mass is 16.4. The summed E-state index contributed by atoms with van der Waals surface area (Å²) in [7, 11) is 0. The average Bonchev–Trinajstić information content (AvgIpc) is 2.96. The van der Waals surface area contributed by atoms with Crippen molar-refractivity contribution in [1.29, 1.82) is 0 Å². The number of carboxylic acids is 1. The molecule has 0 bridgehead atoms. The average molecular weight is 322 g/mol. The Bertz CT molecular complexity index is 373. The van der Waals surface area contributed by atoms with E-state index in [1.165, 1.54) is 32.1 Å². The third kappa shape index (κ3) is 9.60. The highest BCUT2D eigenvalue weighted by Gasteiger charge is 2.23. The Morgan fingerprint density at radius 2 is 2.04 bits per heavy atom. The molecule has 3 atom stereocenters. The highest BCUT2D eigenvalue weighted by molar-refractivity contribution is 5.66. The van der Waals surface area contributed by atoms with Crippen molar-refractivity contribution < 1.29 is 15.0 Å². The van der Waals surface area contributed by atoms with Gasteiger partial charge in [0.1, 0.15) is 0 Å². The summed E-state index contributed by atoms with van der Waals surface area (Å²) in [6.45, 7) is 2.18. The fourth-order valence-electron chi connectivity index (χ4n) is 3.34. The first-order valence-corrected chi connectivity index (χ1v) is 9.36. The van der Waals surface area contributed by atoms with Crippen molar-refractivity contribution in [2.45, 2.75) is 83.7 Å². The molecular weight excluding hydrogens is 288 g/mol. The van der Waals surface area contributed by atoms with Crippen molar-refractivity contribution in [2.75, 3.05) is 0 Å². The molecule has 3 unspecified atom stereocenters. The third-order valence-corrected chi connectivity index (χ3v) is 4.77. The van der Waals surface area contributed by atoms with Gasteiger partial charge in [0.05, 0.1) is 6.10 Å². The van der Waals surface area contributed by atoms with Crippen LogP contribution in [0, 0.1) is 11.8 Å². The van der Waals surface area contributed by atoms with Gasteiger partial charge in [0, 0.05) is 6.42 Å². The van der Waals surface area contributed by atoms with E-state index in [1.807, 2.05) is 6.08 Å². The number of carboxylic acid groups (broad SMARTS) is 1. The van der Waals surface area contributed by atoms with Crippen molar-refractivity contribution >= 4 is 5.97 Å². The molecule has 0 saturated heterocycles. The molecule has 1 saturated carbocycles. The zero-order chi connectivity index (χ0) is 16.9. The molecule has 3 heteroatoms. The largest absolute Gasteiger partial charge is 0.481 e. The fraction of sp³-hybridized carbons (Fsp3) is 0.750. The van der Waals surface area contributed by atoms with Crippen LogP contribution >= 0.6 is 0 Å². The van der Waals surface area contributed by atoms with Gasteiger partial charge in [0.2, 0.25) is 0 Å². The third-order valence-electron chi connectivity index (χ3n) is 4.77. The van der Waals surface area contributed by atoms with Gasteiger partial charge in [0.15, 0.2) is 0 Å². The molecule has 23 heavy (non-hydrogen) atoms. The molecule has 0 amide bonds. The predicted molar refractivity (Wildman–Crippen MR) is 95.4 cm³/mol. The minimum atomic E-state index is -0.711. The number of rotatable bonds is 12. The number of hydrogen-bond donors (Lipinski definition) is 2. The minimum absolute atomic E-state index is 0.259. The minimum Gasteiger partial charge on any atom is -0.481 e. The molecule has 132 valence electrons. The molecule has 1 aliphatic carbocycles. The Hall–Kier alpha value is -1.09. The lowest BCUT2D eigenvalue weighted by Crippen LogP contribution is -2.07. The van der Waals surface area contributed by atoms with Gasteiger partial charge in [-0.2, -0.15) is 0 Å². The molecule has 0 aromatic carbocycles. The van der Waals surface area contributed by atoms with Gasteiger partial charge in [-0.15, -0.1) is 0 Å². The number of aliphatic hydroxyl groups is 1. The second kappa shape index (κ2) is 12.3. The van der Waals surface area contributed by atoms with Gasteiger partial charge in [0.25, 0.3) is 0 Å². The monoisotopic (exact) mass is 322 g/mol. The number of unbranched alkanes of at least 4 members (excludes halogenated alkanes) is 3. The van der Waals surface area contributed by atoms with Crippen LogP contribution in [0.5, 0.6) is 0 Å². The topological polar surface area (TPSA) is 57.5 Å². The number of aliphatic hydroxyl groups excluding tert-OH is 1. The van der Waals surface area contributed by atoms with Crippen LogP contribution < -0.4 is 0 Å². The molecule has 1 aliphatic rings. The number of aliphatic carboxylic acids is 1. The van der Waals surface area contributed by atoms with Crippen LogP contribution in [0.1, 0.15) is 77.6 Å². The van der Waals surface area contributed by atoms with E-state index in [-0.39, 0.29) is 12.5 Å². The van der Waals surface area contributed by atoms with Crippen LogP contribution in [0.4, 0.5) is 0 Å². The second-order valence-electron chi connectivity index (χ2n) is 6.80. The summed E-state index contributed by atoms with van der Waals surface area (Å²) >= 11 is 0. The Kier molecular flexibility index (Phi) is 10.7. The number of hydrogen-bond acceptors (Lipinski definition) is 2. The maximum atomic E-state index is 10.4. The first-order chi connectivity index (χ1) is 11.1. The Morgan fingerprint density at radius 1 is 1.22 bits per heavy atom. The molecule has 0 aromatic rings. The van der Waals surface area contributed by atoms with Crippen LogP contribution in [0.3, 0.4) is 0 Å². The van der Waals surface area contributed by atoms with Crippen LogP contribution in [0.15, 0.2) is 24.3 Å². The lowest BCUT2D eigenvalue weighted by Gasteiger charge is -2.15. The van der Waals surface area contributed by atoms with Crippen molar-refractivity contribution in [1.82, 2.24) is 0 Å². The van der Waals surface area contributed by atoms with E-state index >= 15 is 0 Å². The van der Waals surface area contributed by atoms with Crippen molar-refractivity contribution in [3.05, 3.63) is 24.3 Å². The van der Waals surface area contributed by atoms with E-state index in [0.29, 0.717) is 11.8 Å². The maximum absolute atomic E-state index is 10.4. The number of carbonyl (C=O) groups is 1. The van der Waals surface area contributed by atoms with Crippen LogP contribution in [0.2, 0.25) is 0 Å². The van der Waals surface area contributed by atoms with Gasteiger partial charge >= 0.3 is 5.97 Å². The Labute approximate surface area is 141 Å². The first-order valence-electron chi connectivity index (χ1n) is 9.36. The van der Waals surface area contributed by atoms with Gasteiger partial charge in [-0.1, -0.05) is 56.9 Å². The summed E-state index contributed by atoms with van der Waals surface area (Å²) in [5.41, 5.74) is 0. The van der Waals surface area contributed by atoms with E-state index in [9.17, 15) is 9.90 Å². The van der Waals surface area contributed by atoms with E-state index < -0.39 is 5.97 Å². The zero-order valence-corrected chi connectivity index (χ0v) is 14.6. The van der Waals surface area contributed by atoms with Crippen molar-refractivity contribution in [2.24, 2.45) is 11.8 Å². The summed E-state index contributed by atoms with van der Waals surface area (Å²) in [6.07, 6.45) is 19.4. The molecule has 0 radical (unpaired) electrons. The fourth-order valence-corrected chi connectivity index (χ4v) is 3.34. The summed E-state index contributed by atoms with van der Waals surface area (Å²) in [4.78, 5) is 10.4. The molecule has 0 heterocycles. The summed E-state index contributed by atoms with van der Waals surface area (Å²) in [5, 5.41) is 18.6. The van der Waals surface area contributed by atoms with Gasteiger partial charge in [-0.05, 0) is 50.4 Å². The van der Waals surface area contributed by atoms with E-state index in [2.05, 4.69) is 25.2 Å². The van der Waals surface area contributed by atoms with Crippen molar-refractivity contribution in [3.63, 3.8) is 0 Å². The molecule has 0 aromatic heterocycles. The summed E-state index contributed by atoms with van der Waals surface area (Å²) in [6, 6.07) is 0. The summed E-state index contributed by atoms with van der Waals surface area (Å²) < 4.78 is 0. The zero-order valence-electron chi connectivity index (χ0n) is 14.6. The van der Waals surface area contributed by atoms with Crippen molar-refractivity contribution in [3.8, 4) is 0 Å². The van der Waals surface area contributed by atoms with Crippen LogP contribution in [-0.2, 0) is 4.79 Å². The quantitative estimate of drug-likeness (QED) is 0.388. The van der Waals surface area contributed by atoms with Gasteiger partial charge in [-0.3, -0.25) is 4.79 Å². The second-order valence-corrected chi connectivity index (χ2v) is 6.80. The predicted octanol–water partition coefficient (Wildman–Crippen LogP) is 5.10. The smallest absolute Gasteiger partial charge is 0.303 e. The Morgan fingerprint density at radius 3 is 2.78 bits per heavy atom. The van der Waals surface area contributed by atoms with Crippen LogP contribution in [-0.4, -0.2) is 22.3 Å². The lowest BCUT2D eigenvalue weighted by atomic mass is 9.91. The molecule has 2 N–H and O–H groups in total. The van der Waals surface area contributed by atoms with E-state index in [1.54, 1.807) is 0 Å². The SMILES string of the molecule is CCCCCC(O)/C=C/C1CCCC1C/C=C\CCCC(=O)O.